The molecule has 0 saturated carbocycles. The summed E-state index contributed by atoms with van der Waals surface area (Å²) in [7, 11) is 0. The Morgan fingerprint density at radius 2 is 2.07 bits per heavy atom. The van der Waals surface area contributed by atoms with Gasteiger partial charge in [-0.1, -0.05) is 0 Å². The zero-order valence-corrected chi connectivity index (χ0v) is 7.94. The van der Waals surface area contributed by atoms with Gasteiger partial charge in [-0.05, 0) is 12.1 Å². The van der Waals surface area contributed by atoms with Crippen LogP contribution in [0.4, 0.5) is 11.4 Å². The molecule has 1 rings (SSSR count). The molecule has 2 N–H and O–H groups in total. The molecule has 0 unspecified atom stereocenters. The second-order valence-corrected chi connectivity index (χ2v) is 2.78. The van der Waals surface area contributed by atoms with Crippen LogP contribution in [0.5, 0.6) is 0 Å². The van der Waals surface area contributed by atoms with Crippen molar-refractivity contribution in [2.24, 2.45) is 10.7 Å². The highest BCUT2D eigenvalue weighted by Crippen LogP contribution is 2.17. The molecule has 0 fully saturated rings. The Bertz CT molecular complexity index is 361. The summed E-state index contributed by atoms with van der Waals surface area (Å²) in [6.07, 6.45) is 0. The van der Waals surface area contributed by atoms with Gasteiger partial charge in [0.1, 0.15) is 5.84 Å². The minimum Gasteiger partial charge on any atom is -0.386 e. The molecule has 0 amide bonds. The average Bonchev–Trinajstić information content (AvgIpc) is 2.18. The Kier molecular flexibility index (Phi) is 3.41. The van der Waals surface area contributed by atoms with Crippen LogP contribution in [0.15, 0.2) is 29.3 Å². The molecule has 0 radical (unpaired) electrons. The minimum atomic E-state index is -0.474. The third kappa shape index (κ3) is 2.70. The molecule has 0 spiro atoms. The molecule has 0 aliphatic carbocycles. The van der Waals surface area contributed by atoms with E-state index < -0.39 is 4.92 Å². The number of hydrogen-bond donors (Lipinski definition) is 1. The lowest BCUT2D eigenvalue weighted by Gasteiger charge is -1.95. The van der Waals surface area contributed by atoms with Crippen molar-refractivity contribution in [1.82, 2.24) is 0 Å². The zero-order chi connectivity index (χ0) is 10.6. The van der Waals surface area contributed by atoms with Crippen molar-refractivity contribution in [2.75, 3.05) is 5.88 Å². The van der Waals surface area contributed by atoms with E-state index in [-0.39, 0.29) is 17.4 Å². The average molecular weight is 214 g/mol. The first-order valence-electron chi connectivity index (χ1n) is 3.77. The van der Waals surface area contributed by atoms with Crippen LogP contribution < -0.4 is 5.73 Å². The highest BCUT2D eigenvalue weighted by Gasteiger charge is 2.02. The largest absolute Gasteiger partial charge is 0.386 e. The van der Waals surface area contributed by atoms with Crippen molar-refractivity contribution in [3.05, 3.63) is 34.4 Å². The van der Waals surface area contributed by atoms with Crippen molar-refractivity contribution >= 4 is 28.8 Å². The van der Waals surface area contributed by atoms with Gasteiger partial charge >= 0.3 is 0 Å². The summed E-state index contributed by atoms with van der Waals surface area (Å²) in [5, 5.41) is 10.3. The van der Waals surface area contributed by atoms with Gasteiger partial charge < -0.3 is 5.73 Å². The van der Waals surface area contributed by atoms with Crippen LogP contribution in [-0.4, -0.2) is 16.6 Å². The number of aliphatic imine (C=N–C) groups is 1. The summed E-state index contributed by atoms with van der Waals surface area (Å²) >= 11 is 5.42. The third-order valence-electron chi connectivity index (χ3n) is 1.47. The number of non-ortho nitro benzene ring substituents is 1. The van der Waals surface area contributed by atoms with Crippen LogP contribution in [0.2, 0.25) is 0 Å². The highest BCUT2D eigenvalue weighted by molar-refractivity contribution is 6.28. The van der Waals surface area contributed by atoms with Crippen LogP contribution >= 0.6 is 11.6 Å². The molecule has 0 heterocycles. The number of hydrogen-bond acceptors (Lipinski definition) is 3. The number of alkyl halides is 1. The Hall–Kier alpha value is -1.62. The third-order valence-corrected chi connectivity index (χ3v) is 1.74. The lowest BCUT2D eigenvalue weighted by molar-refractivity contribution is -0.384. The lowest BCUT2D eigenvalue weighted by Crippen LogP contribution is -2.12. The van der Waals surface area contributed by atoms with E-state index in [1.54, 1.807) is 0 Å². The van der Waals surface area contributed by atoms with Gasteiger partial charge in [0.05, 0.1) is 16.5 Å². The quantitative estimate of drug-likeness (QED) is 0.273. The van der Waals surface area contributed by atoms with E-state index in [0.29, 0.717) is 5.69 Å². The van der Waals surface area contributed by atoms with E-state index in [1.165, 1.54) is 24.3 Å². The van der Waals surface area contributed by atoms with E-state index >= 15 is 0 Å². The molecule has 5 nitrogen and oxygen atoms in total. The molecule has 0 atom stereocenters. The zero-order valence-electron chi connectivity index (χ0n) is 7.18. The molecule has 1 aromatic rings. The van der Waals surface area contributed by atoms with Gasteiger partial charge in [-0.3, -0.25) is 10.1 Å². The van der Waals surface area contributed by atoms with Gasteiger partial charge in [-0.25, -0.2) is 4.99 Å². The normalized spacial score (nSPS) is 11.4. The molecular formula is C8H8ClN3O2. The van der Waals surface area contributed by atoms with Crippen molar-refractivity contribution in [3.8, 4) is 0 Å². The molecule has 74 valence electrons. The maximum atomic E-state index is 10.3. The van der Waals surface area contributed by atoms with Gasteiger partial charge in [-0.2, -0.15) is 0 Å². The summed E-state index contributed by atoms with van der Waals surface area (Å²) < 4.78 is 0. The Morgan fingerprint density at radius 1 is 1.50 bits per heavy atom. The molecule has 0 aromatic heterocycles. The molecule has 0 aliphatic heterocycles. The SMILES string of the molecule is NC(CCl)=Nc1ccc([N+](=O)[O-])cc1. The van der Waals surface area contributed by atoms with Crippen molar-refractivity contribution in [3.63, 3.8) is 0 Å². The van der Waals surface area contributed by atoms with Crippen molar-refractivity contribution < 1.29 is 4.92 Å². The second-order valence-electron chi connectivity index (χ2n) is 2.51. The molecule has 14 heavy (non-hydrogen) atoms. The first-order valence-corrected chi connectivity index (χ1v) is 4.30. The van der Waals surface area contributed by atoms with Crippen molar-refractivity contribution in [1.29, 1.82) is 0 Å². The van der Waals surface area contributed by atoms with E-state index in [9.17, 15) is 10.1 Å². The topological polar surface area (TPSA) is 81.5 Å². The monoisotopic (exact) mass is 213 g/mol. The first kappa shape index (κ1) is 10.5. The van der Waals surface area contributed by atoms with Crippen LogP contribution in [0.1, 0.15) is 0 Å². The van der Waals surface area contributed by atoms with Gasteiger partial charge in [0, 0.05) is 12.1 Å². The molecule has 1 aromatic carbocycles. The van der Waals surface area contributed by atoms with E-state index in [0.717, 1.165) is 0 Å². The van der Waals surface area contributed by atoms with E-state index in [4.69, 9.17) is 17.3 Å². The number of nitrogens with zero attached hydrogens (tertiary/aromatic N) is 2. The van der Waals surface area contributed by atoms with Crippen LogP contribution in [-0.2, 0) is 0 Å². The summed E-state index contributed by atoms with van der Waals surface area (Å²) in [4.78, 5) is 13.8. The Labute approximate surface area is 85.4 Å². The Morgan fingerprint density at radius 3 is 2.50 bits per heavy atom. The molecule has 0 aliphatic rings. The minimum absolute atomic E-state index is 0.0217. The van der Waals surface area contributed by atoms with Gasteiger partial charge in [0.15, 0.2) is 0 Å². The fourth-order valence-corrected chi connectivity index (χ4v) is 0.904. The predicted octanol–water partition coefficient (Wildman–Crippen LogP) is 1.82. The molecule has 0 saturated heterocycles. The fourth-order valence-electron chi connectivity index (χ4n) is 0.845. The summed E-state index contributed by atoms with van der Waals surface area (Å²) in [6.45, 7) is 0. The number of amidine groups is 1. The van der Waals surface area contributed by atoms with E-state index in [1.807, 2.05) is 0 Å². The number of rotatable bonds is 3. The molecule has 6 heteroatoms. The number of benzene rings is 1. The maximum absolute atomic E-state index is 10.3. The van der Waals surface area contributed by atoms with Gasteiger partial charge in [0.2, 0.25) is 0 Å². The van der Waals surface area contributed by atoms with E-state index in [2.05, 4.69) is 4.99 Å². The standard InChI is InChI=1S/C8H8ClN3O2/c9-5-8(10)11-6-1-3-7(4-2-6)12(13)14/h1-4H,5H2,(H2,10,11). The number of halogens is 1. The summed E-state index contributed by atoms with van der Waals surface area (Å²) in [5.41, 5.74) is 5.96. The van der Waals surface area contributed by atoms with Crippen LogP contribution in [0, 0.1) is 10.1 Å². The summed E-state index contributed by atoms with van der Waals surface area (Å²) in [5.74, 6) is 0.414. The molecule has 0 bridgehead atoms. The van der Waals surface area contributed by atoms with Gasteiger partial charge in [-0.15, -0.1) is 11.6 Å². The smallest absolute Gasteiger partial charge is 0.269 e. The summed E-state index contributed by atoms with van der Waals surface area (Å²) in [6, 6.07) is 5.75. The van der Waals surface area contributed by atoms with Crippen molar-refractivity contribution in [2.45, 2.75) is 0 Å². The maximum Gasteiger partial charge on any atom is 0.269 e. The lowest BCUT2D eigenvalue weighted by atomic mass is 10.3. The first-order chi connectivity index (χ1) is 6.63. The predicted molar refractivity (Wildman–Crippen MR) is 55.1 cm³/mol. The Balaban J connectivity index is 2.89. The highest BCUT2D eigenvalue weighted by atomic mass is 35.5. The van der Waals surface area contributed by atoms with Crippen LogP contribution in [0.25, 0.3) is 0 Å². The van der Waals surface area contributed by atoms with Gasteiger partial charge in [0.25, 0.3) is 5.69 Å². The second kappa shape index (κ2) is 4.57. The van der Waals surface area contributed by atoms with Crippen LogP contribution in [0.3, 0.4) is 0 Å². The molecular weight excluding hydrogens is 206 g/mol. The number of nitro benzene ring substituents is 1. The number of nitrogens with two attached hydrogens (primary N) is 1. The fraction of sp³-hybridized carbons (Fsp3) is 0.125. The number of nitro groups is 1.